The molecule has 0 bridgehead atoms. The molecule has 0 saturated carbocycles. The zero-order chi connectivity index (χ0) is 18.7. The van der Waals surface area contributed by atoms with Crippen LogP contribution in [0.1, 0.15) is 18.9 Å². The number of anilines is 2. The fourth-order valence-electron chi connectivity index (χ4n) is 2.99. The predicted molar refractivity (Wildman–Crippen MR) is 97.8 cm³/mol. The summed E-state index contributed by atoms with van der Waals surface area (Å²) in [5.74, 6) is -0.756. The number of carbonyl (C=O) groups is 2. The highest BCUT2D eigenvalue weighted by molar-refractivity contribution is 6.03. The van der Waals surface area contributed by atoms with Gasteiger partial charge in [0.15, 0.2) is 0 Å². The third kappa shape index (κ3) is 3.85. The van der Waals surface area contributed by atoms with E-state index in [2.05, 4.69) is 5.32 Å². The summed E-state index contributed by atoms with van der Waals surface area (Å²) >= 11 is 0. The number of ether oxygens (including phenoxy) is 1. The van der Waals surface area contributed by atoms with Crippen LogP contribution in [0, 0.1) is 18.7 Å². The van der Waals surface area contributed by atoms with Gasteiger partial charge >= 0.3 is 0 Å². The second-order valence-electron chi connectivity index (χ2n) is 6.30. The third-order valence-electron chi connectivity index (χ3n) is 4.33. The maximum Gasteiger partial charge on any atom is 0.229 e. The topological polar surface area (TPSA) is 58.6 Å². The van der Waals surface area contributed by atoms with Gasteiger partial charge in [-0.2, -0.15) is 0 Å². The van der Waals surface area contributed by atoms with Crippen molar-refractivity contribution >= 4 is 23.2 Å². The number of benzene rings is 2. The van der Waals surface area contributed by atoms with Gasteiger partial charge in [0.1, 0.15) is 11.6 Å². The molecule has 5 nitrogen and oxygen atoms in total. The molecule has 0 aromatic heterocycles. The number of hydrogen-bond donors (Lipinski definition) is 1. The zero-order valence-corrected chi connectivity index (χ0v) is 14.8. The molecule has 2 aromatic rings. The van der Waals surface area contributed by atoms with E-state index in [4.69, 9.17) is 4.74 Å². The van der Waals surface area contributed by atoms with Crippen LogP contribution in [0.3, 0.4) is 0 Å². The molecule has 2 amide bonds. The van der Waals surface area contributed by atoms with Crippen LogP contribution in [0.2, 0.25) is 0 Å². The Balaban J connectivity index is 1.68. The van der Waals surface area contributed by atoms with Gasteiger partial charge in [0.2, 0.25) is 11.8 Å². The van der Waals surface area contributed by atoms with Crippen molar-refractivity contribution in [1.29, 1.82) is 0 Å². The maximum absolute atomic E-state index is 13.8. The van der Waals surface area contributed by atoms with Crippen LogP contribution < -0.4 is 15.0 Å². The summed E-state index contributed by atoms with van der Waals surface area (Å²) in [6.07, 6.45) is 0.104. The normalized spacial score (nSPS) is 16.7. The molecule has 0 radical (unpaired) electrons. The van der Waals surface area contributed by atoms with Gasteiger partial charge in [-0.3, -0.25) is 9.59 Å². The molecule has 0 aliphatic carbocycles. The Hall–Kier alpha value is -2.89. The molecular weight excluding hydrogens is 335 g/mol. The van der Waals surface area contributed by atoms with Crippen molar-refractivity contribution in [1.82, 2.24) is 0 Å². The Bertz CT molecular complexity index is 820. The smallest absolute Gasteiger partial charge is 0.229 e. The van der Waals surface area contributed by atoms with E-state index in [-0.39, 0.29) is 30.5 Å². The van der Waals surface area contributed by atoms with E-state index in [1.54, 1.807) is 41.3 Å². The van der Waals surface area contributed by atoms with Crippen LogP contribution in [0.5, 0.6) is 5.75 Å². The minimum absolute atomic E-state index is 0.104. The largest absolute Gasteiger partial charge is 0.494 e. The van der Waals surface area contributed by atoms with Gasteiger partial charge in [0.25, 0.3) is 0 Å². The van der Waals surface area contributed by atoms with Crippen molar-refractivity contribution in [2.45, 2.75) is 20.3 Å². The zero-order valence-electron chi connectivity index (χ0n) is 14.8. The molecule has 1 saturated heterocycles. The SMILES string of the molecule is CCOc1ccc(N2C[C@@H](C(=O)Nc3cc(C)ccc3F)CC2=O)cc1. The molecule has 26 heavy (non-hydrogen) atoms. The van der Waals surface area contributed by atoms with Crippen molar-refractivity contribution in [2.24, 2.45) is 5.92 Å². The lowest BCUT2D eigenvalue weighted by molar-refractivity contribution is -0.122. The van der Waals surface area contributed by atoms with Crippen molar-refractivity contribution in [2.75, 3.05) is 23.4 Å². The number of rotatable bonds is 5. The van der Waals surface area contributed by atoms with E-state index in [0.29, 0.717) is 6.61 Å². The van der Waals surface area contributed by atoms with Gasteiger partial charge in [-0.25, -0.2) is 4.39 Å². The van der Waals surface area contributed by atoms with E-state index in [1.807, 2.05) is 13.8 Å². The summed E-state index contributed by atoms with van der Waals surface area (Å²) in [5, 5.41) is 2.60. The predicted octanol–water partition coefficient (Wildman–Crippen LogP) is 3.52. The molecule has 3 rings (SSSR count). The minimum Gasteiger partial charge on any atom is -0.494 e. The average molecular weight is 356 g/mol. The lowest BCUT2D eigenvalue weighted by atomic mass is 10.1. The Morgan fingerprint density at radius 2 is 2.00 bits per heavy atom. The lowest BCUT2D eigenvalue weighted by Crippen LogP contribution is -2.28. The average Bonchev–Trinajstić information content (AvgIpc) is 3.01. The molecule has 1 fully saturated rings. The van der Waals surface area contributed by atoms with Crippen molar-refractivity contribution in [3.8, 4) is 5.75 Å². The molecule has 1 aliphatic heterocycles. The second kappa shape index (κ2) is 7.56. The summed E-state index contributed by atoms with van der Waals surface area (Å²) in [7, 11) is 0. The minimum atomic E-state index is -0.519. The van der Waals surface area contributed by atoms with Crippen molar-refractivity contribution in [3.63, 3.8) is 0 Å². The van der Waals surface area contributed by atoms with Crippen LogP contribution in [-0.2, 0) is 9.59 Å². The van der Waals surface area contributed by atoms with Crippen LogP contribution in [-0.4, -0.2) is 25.0 Å². The number of carbonyl (C=O) groups excluding carboxylic acids is 2. The van der Waals surface area contributed by atoms with E-state index < -0.39 is 11.7 Å². The molecule has 1 atom stereocenters. The molecule has 1 heterocycles. The monoisotopic (exact) mass is 356 g/mol. The number of hydrogen-bond acceptors (Lipinski definition) is 3. The van der Waals surface area contributed by atoms with Gasteiger partial charge < -0.3 is 15.0 Å². The molecule has 2 aromatic carbocycles. The molecule has 1 aliphatic rings. The van der Waals surface area contributed by atoms with Crippen LogP contribution in [0.4, 0.5) is 15.8 Å². The summed E-state index contributed by atoms with van der Waals surface area (Å²) in [6, 6.07) is 11.7. The summed E-state index contributed by atoms with van der Waals surface area (Å²) in [4.78, 5) is 26.4. The van der Waals surface area contributed by atoms with Gasteiger partial charge in [-0.1, -0.05) is 6.07 Å². The first-order valence-corrected chi connectivity index (χ1v) is 8.58. The number of nitrogens with one attached hydrogen (secondary N) is 1. The van der Waals surface area contributed by atoms with E-state index >= 15 is 0 Å². The maximum atomic E-state index is 13.8. The van der Waals surface area contributed by atoms with Crippen LogP contribution in [0.25, 0.3) is 0 Å². The molecular formula is C20H21FN2O3. The summed E-state index contributed by atoms with van der Waals surface area (Å²) in [5.41, 5.74) is 1.71. The fraction of sp³-hybridized carbons (Fsp3) is 0.300. The number of nitrogens with zero attached hydrogens (tertiary/aromatic N) is 1. The highest BCUT2D eigenvalue weighted by atomic mass is 19.1. The van der Waals surface area contributed by atoms with Gasteiger partial charge in [0.05, 0.1) is 18.2 Å². The Kier molecular flexibility index (Phi) is 5.21. The van der Waals surface area contributed by atoms with E-state index in [9.17, 15) is 14.0 Å². The molecule has 136 valence electrons. The fourth-order valence-corrected chi connectivity index (χ4v) is 2.99. The first kappa shape index (κ1) is 17.9. The van der Waals surface area contributed by atoms with Gasteiger partial charge in [-0.15, -0.1) is 0 Å². The highest BCUT2D eigenvalue weighted by Gasteiger charge is 2.35. The first-order valence-electron chi connectivity index (χ1n) is 8.58. The highest BCUT2D eigenvalue weighted by Crippen LogP contribution is 2.28. The van der Waals surface area contributed by atoms with Crippen LogP contribution in [0.15, 0.2) is 42.5 Å². The van der Waals surface area contributed by atoms with Crippen molar-refractivity contribution in [3.05, 3.63) is 53.8 Å². The lowest BCUT2D eigenvalue weighted by Gasteiger charge is -2.17. The van der Waals surface area contributed by atoms with Crippen LogP contribution >= 0.6 is 0 Å². The van der Waals surface area contributed by atoms with E-state index in [1.165, 1.54) is 6.07 Å². The standard InChI is InChI=1S/C20H21FN2O3/c1-3-26-16-7-5-15(6-8-16)23-12-14(11-19(23)24)20(25)22-18-10-13(2)4-9-17(18)21/h4-10,14H,3,11-12H2,1-2H3,(H,22,25)/t14-/m0/s1. The summed E-state index contributed by atoms with van der Waals surface area (Å²) < 4.78 is 19.2. The quantitative estimate of drug-likeness (QED) is 0.892. The summed E-state index contributed by atoms with van der Waals surface area (Å²) in [6.45, 7) is 4.56. The Morgan fingerprint density at radius 1 is 1.27 bits per heavy atom. The van der Waals surface area contributed by atoms with Gasteiger partial charge in [-0.05, 0) is 55.8 Å². The molecule has 6 heteroatoms. The first-order chi connectivity index (χ1) is 12.5. The number of halogens is 1. The number of amides is 2. The number of aryl methyl sites for hydroxylation is 1. The molecule has 0 spiro atoms. The molecule has 1 N–H and O–H groups in total. The Morgan fingerprint density at radius 3 is 2.69 bits per heavy atom. The van der Waals surface area contributed by atoms with E-state index in [0.717, 1.165) is 17.0 Å². The van der Waals surface area contributed by atoms with Gasteiger partial charge in [0, 0.05) is 18.7 Å². The molecule has 0 unspecified atom stereocenters. The third-order valence-corrected chi connectivity index (χ3v) is 4.33. The van der Waals surface area contributed by atoms with Crippen molar-refractivity contribution < 1.29 is 18.7 Å². The Labute approximate surface area is 151 Å². The second-order valence-corrected chi connectivity index (χ2v) is 6.30.